The van der Waals surface area contributed by atoms with Gasteiger partial charge in [0.05, 0.1) is 0 Å². The van der Waals surface area contributed by atoms with Crippen LogP contribution in [0.25, 0.3) is 0 Å². The molecule has 0 unspecified atom stereocenters. The van der Waals surface area contributed by atoms with Gasteiger partial charge < -0.3 is 14.9 Å². The third kappa shape index (κ3) is 3.38. The van der Waals surface area contributed by atoms with E-state index in [2.05, 4.69) is 36.1 Å². The van der Waals surface area contributed by atoms with E-state index >= 15 is 0 Å². The normalized spacial score (nSPS) is 23.3. The highest BCUT2D eigenvalue weighted by atomic mass is 16.3. The average molecular weight is 290 g/mol. The van der Waals surface area contributed by atoms with Crippen LogP contribution in [0.1, 0.15) is 33.3 Å². The molecule has 1 N–H and O–H groups in total. The zero-order valence-electron chi connectivity index (χ0n) is 13.6. The van der Waals surface area contributed by atoms with E-state index in [4.69, 9.17) is 0 Å². The van der Waals surface area contributed by atoms with E-state index in [0.717, 1.165) is 13.1 Å². The lowest BCUT2D eigenvalue weighted by molar-refractivity contribution is -0.153. The van der Waals surface area contributed by atoms with Crippen molar-refractivity contribution in [2.24, 2.45) is 0 Å². The molecule has 0 bridgehead atoms. The minimum absolute atomic E-state index is 0.0778. The Morgan fingerprint density at radius 3 is 2.05 bits per heavy atom. The molecule has 0 aliphatic carbocycles. The first-order chi connectivity index (χ1) is 9.70. The van der Waals surface area contributed by atoms with Gasteiger partial charge in [-0.2, -0.15) is 0 Å². The third-order valence-electron chi connectivity index (χ3n) is 4.08. The molecule has 1 heterocycles. The van der Waals surface area contributed by atoms with Gasteiger partial charge in [0.1, 0.15) is 5.60 Å². The predicted molar refractivity (Wildman–Crippen MR) is 85.5 cm³/mol. The van der Waals surface area contributed by atoms with Gasteiger partial charge in [-0.3, -0.25) is 4.79 Å². The first kappa shape index (κ1) is 15.8. The lowest BCUT2D eigenvalue weighted by Gasteiger charge is -2.47. The zero-order chi connectivity index (χ0) is 15.8. The van der Waals surface area contributed by atoms with Gasteiger partial charge in [0, 0.05) is 30.9 Å². The van der Waals surface area contributed by atoms with Gasteiger partial charge >= 0.3 is 0 Å². The molecule has 116 valence electrons. The van der Waals surface area contributed by atoms with E-state index in [-0.39, 0.29) is 18.0 Å². The maximum Gasteiger partial charge on any atom is 0.254 e. The highest BCUT2D eigenvalue weighted by Gasteiger charge is 2.38. The van der Waals surface area contributed by atoms with E-state index in [1.165, 1.54) is 11.3 Å². The van der Waals surface area contributed by atoms with Crippen molar-refractivity contribution in [3.8, 4) is 0 Å². The number of anilines is 1. The summed E-state index contributed by atoms with van der Waals surface area (Å²) in [4.78, 5) is 16.5. The van der Waals surface area contributed by atoms with Crippen LogP contribution in [0.2, 0.25) is 0 Å². The monoisotopic (exact) mass is 290 g/mol. The zero-order valence-corrected chi connectivity index (χ0v) is 13.6. The van der Waals surface area contributed by atoms with Crippen LogP contribution < -0.4 is 4.90 Å². The summed E-state index contributed by atoms with van der Waals surface area (Å²) in [6.45, 7) is 10.8. The largest absolute Gasteiger partial charge is 0.381 e. The molecule has 0 radical (unpaired) electrons. The number of aliphatic hydroxyl groups is 1. The molecule has 0 aromatic heterocycles. The highest BCUT2D eigenvalue weighted by molar-refractivity contribution is 5.85. The van der Waals surface area contributed by atoms with Gasteiger partial charge in [-0.25, -0.2) is 0 Å². The van der Waals surface area contributed by atoms with Gasteiger partial charge in [-0.15, -0.1) is 0 Å². The molecule has 1 fully saturated rings. The van der Waals surface area contributed by atoms with Crippen molar-refractivity contribution < 1.29 is 9.90 Å². The summed E-state index contributed by atoms with van der Waals surface area (Å²) < 4.78 is 0. The molecule has 1 aromatic carbocycles. The summed E-state index contributed by atoms with van der Waals surface area (Å²) in [5.74, 6) is -0.189. The fourth-order valence-corrected chi connectivity index (χ4v) is 3.01. The summed E-state index contributed by atoms with van der Waals surface area (Å²) in [5.41, 5.74) is 1.12. The number of aryl methyl sites for hydroxylation is 1. The molecule has 1 aliphatic heterocycles. The predicted octanol–water partition coefficient (Wildman–Crippen LogP) is 2.19. The fourth-order valence-electron chi connectivity index (χ4n) is 3.01. The minimum Gasteiger partial charge on any atom is -0.381 e. The van der Waals surface area contributed by atoms with Crippen molar-refractivity contribution in [3.63, 3.8) is 0 Å². The number of carbonyl (C=O) groups is 1. The van der Waals surface area contributed by atoms with Crippen molar-refractivity contribution in [3.05, 3.63) is 29.8 Å². The number of rotatable bonds is 2. The van der Waals surface area contributed by atoms with Crippen LogP contribution in [0.3, 0.4) is 0 Å². The van der Waals surface area contributed by atoms with Gasteiger partial charge in [0.15, 0.2) is 0 Å². The van der Waals surface area contributed by atoms with Gasteiger partial charge in [0.25, 0.3) is 5.91 Å². The molecule has 4 nitrogen and oxygen atoms in total. The summed E-state index contributed by atoms with van der Waals surface area (Å²) in [5, 5.41) is 9.98. The number of hydrogen-bond donors (Lipinski definition) is 1. The Balaban J connectivity index is 2.15. The van der Waals surface area contributed by atoms with Crippen molar-refractivity contribution in [2.45, 2.75) is 52.3 Å². The van der Waals surface area contributed by atoms with E-state index in [0.29, 0.717) is 0 Å². The van der Waals surface area contributed by atoms with Crippen LogP contribution in [0.15, 0.2) is 24.3 Å². The van der Waals surface area contributed by atoms with Crippen LogP contribution in [0.4, 0.5) is 5.69 Å². The second-order valence-electron chi connectivity index (χ2n) is 6.71. The van der Waals surface area contributed by atoms with Gasteiger partial charge in [0.2, 0.25) is 0 Å². The lowest BCUT2D eigenvalue weighted by Crippen LogP contribution is -2.62. The quantitative estimate of drug-likeness (QED) is 0.908. The molecule has 2 atom stereocenters. The Bertz CT molecular complexity index is 493. The maximum atomic E-state index is 12.4. The van der Waals surface area contributed by atoms with Crippen LogP contribution in [-0.4, -0.2) is 46.7 Å². The van der Waals surface area contributed by atoms with Gasteiger partial charge in [-0.1, -0.05) is 17.7 Å². The lowest BCUT2D eigenvalue weighted by atomic mass is 10.0. The van der Waals surface area contributed by atoms with Crippen LogP contribution >= 0.6 is 0 Å². The van der Waals surface area contributed by atoms with Gasteiger partial charge in [-0.05, 0) is 46.8 Å². The molecule has 0 saturated carbocycles. The number of nitrogens with zero attached hydrogens (tertiary/aromatic N) is 2. The average Bonchev–Trinajstić information content (AvgIpc) is 2.37. The summed E-state index contributed by atoms with van der Waals surface area (Å²) >= 11 is 0. The number of amides is 1. The van der Waals surface area contributed by atoms with Crippen molar-refractivity contribution in [2.75, 3.05) is 18.0 Å². The molecule has 1 aromatic rings. The van der Waals surface area contributed by atoms with E-state index in [1.807, 2.05) is 18.7 Å². The highest BCUT2D eigenvalue weighted by Crippen LogP contribution is 2.25. The van der Waals surface area contributed by atoms with E-state index < -0.39 is 5.60 Å². The summed E-state index contributed by atoms with van der Waals surface area (Å²) in [6.07, 6.45) is 0. The van der Waals surface area contributed by atoms with Crippen LogP contribution in [0.5, 0.6) is 0 Å². The van der Waals surface area contributed by atoms with Crippen molar-refractivity contribution in [1.29, 1.82) is 0 Å². The maximum absolute atomic E-state index is 12.4. The second kappa shape index (κ2) is 5.68. The molecule has 2 rings (SSSR count). The summed E-state index contributed by atoms with van der Waals surface area (Å²) in [7, 11) is 0. The number of benzene rings is 1. The SMILES string of the molecule is Cc1ccc(N2C[C@@H](C)N(C(=O)C(C)(C)O)[C@@H](C)C2)cc1. The minimum atomic E-state index is -1.31. The number of carbonyl (C=O) groups excluding carboxylic acids is 1. The standard InChI is InChI=1S/C17H26N2O2/c1-12-6-8-15(9-7-12)18-10-13(2)19(14(3)11-18)16(20)17(4,5)21/h6-9,13-14,21H,10-11H2,1-5H3/t13-,14+. The van der Waals surface area contributed by atoms with E-state index in [1.54, 1.807) is 13.8 Å². The molecule has 1 amide bonds. The topological polar surface area (TPSA) is 43.8 Å². The Hall–Kier alpha value is -1.55. The Labute approximate surface area is 127 Å². The molecule has 4 heteroatoms. The fraction of sp³-hybridized carbons (Fsp3) is 0.588. The molecule has 0 spiro atoms. The van der Waals surface area contributed by atoms with Crippen LogP contribution in [0, 0.1) is 6.92 Å². The molecule has 1 saturated heterocycles. The Kier molecular flexibility index (Phi) is 4.28. The smallest absolute Gasteiger partial charge is 0.254 e. The number of piperazine rings is 1. The van der Waals surface area contributed by atoms with Crippen LogP contribution in [-0.2, 0) is 4.79 Å². The van der Waals surface area contributed by atoms with E-state index in [9.17, 15) is 9.90 Å². The summed E-state index contributed by atoms with van der Waals surface area (Å²) in [6, 6.07) is 8.63. The van der Waals surface area contributed by atoms with Crippen molar-refractivity contribution >= 4 is 11.6 Å². The first-order valence-electron chi connectivity index (χ1n) is 7.57. The number of hydrogen-bond acceptors (Lipinski definition) is 3. The Morgan fingerprint density at radius 2 is 1.62 bits per heavy atom. The second-order valence-corrected chi connectivity index (χ2v) is 6.71. The molecule has 1 aliphatic rings. The molecular formula is C17H26N2O2. The first-order valence-corrected chi connectivity index (χ1v) is 7.57. The third-order valence-corrected chi connectivity index (χ3v) is 4.08. The van der Waals surface area contributed by atoms with Crippen molar-refractivity contribution in [1.82, 2.24) is 4.90 Å². The molecular weight excluding hydrogens is 264 g/mol. The molecule has 21 heavy (non-hydrogen) atoms. The Morgan fingerprint density at radius 1 is 1.14 bits per heavy atom.